The molecule has 0 bridgehead atoms. The smallest absolute Gasteiger partial charge is 0.0524 e. The van der Waals surface area contributed by atoms with E-state index in [1.165, 1.54) is 0 Å². The van der Waals surface area contributed by atoms with Crippen LogP contribution in [0.25, 0.3) is 0 Å². The van der Waals surface area contributed by atoms with Gasteiger partial charge in [0.15, 0.2) is 0 Å². The van der Waals surface area contributed by atoms with Gasteiger partial charge >= 0.3 is 0 Å². The molecule has 92 valence electrons. The first-order valence-corrected chi connectivity index (χ1v) is 6.06. The third-order valence-electron chi connectivity index (χ3n) is 3.47. The highest BCUT2D eigenvalue weighted by Crippen LogP contribution is 2.25. The zero-order valence-electron chi connectivity index (χ0n) is 10.8. The minimum absolute atomic E-state index is 0.206. The van der Waals surface area contributed by atoms with E-state index in [1.54, 1.807) is 0 Å². The molecule has 3 N–H and O–H groups in total. The summed E-state index contributed by atoms with van der Waals surface area (Å²) in [5.41, 5.74) is 6.11. The maximum Gasteiger partial charge on any atom is 0.0524 e. The first-order chi connectivity index (χ1) is 6.99. The Labute approximate surface area is 94.6 Å². The standard InChI is InChI=1S/C12H28N2O/c1-5-12(6-2,9-13)10-14(4)8-7-11(3)15/h11,15H,5-10,13H2,1-4H3. The Bertz CT molecular complexity index is 147. The molecule has 0 aliphatic rings. The predicted molar refractivity (Wildman–Crippen MR) is 65.9 cm³/mol. The summed E-state index contributed by atoms with van der Waals surface area (Å²) in [6.07, 6.45) is 2.88. The highest BCUT2D eigenvalue weighted by molar-refractivity contribution is 4.80. The summed E-state index contributed by atoms with van der Waals surface area (Å²) in [6, 6.07) is 0. The van der Waals surface area contributed by atoms with Crippen LogP contribution in [0.4, 0.5) is 0 Å². The van der Waals surface area contributed by atoms with E-state index in [0.717, 1.165) is 38.9 Å². The minimum atomic E-state index is -0.206. The van der Waals surface area contributed by atoms with Gasteiger partial charge in [0.2, 0.25) is 0 Å². The fourth-order valence-corrected chi connectivity index (χ4v) is 1.89. The molecular weight excluding hydrogens is 188 g/mol. The molecule has 0 amide bonds. The molecule has 0 radical (unpaired) electrons. The van der Waals surface area contributed by atoms with Gasteiger partial charge in [-0.1, -0.05) is 13.8 Å². The van der Waals surface area contributed by atoms with Crippen molar-refractivity contribution >= 4 is 0 Å². The van der Waals surface area contributed by atoms with Crippen molar-refractivity contribution in [2.45, 2.75) is 46.1 Å². The molecule has 0 aromatic heterocycles. The highest BCUT2D eigenvalue weighted by Gasteiger charge is 2.25. The average molecular weight is 216 g/mol. The Hall–Kier alpha value is -0.120. The fourth-order valence-electron chi connectivity index (χ4n) is 1.89. The van der Waals surface area contributed by atoms with Crippen molar-refractivity contribution in [2.75, 3.05) is 26.7 Å². The van der Waals surface area contributed by atoms with Gasteiger partial charge in [0.1, 0.15) is 0 Å². The topological polar surface area (TPSA) is 49.5 Å². The molecule has 0 aromatic rings. The zero-order valence-corrected chi connectivity index (χ0v) is 10.8. The average Bonchev–Trinajstić information content (AvgIpc) is 2.23. The summed E-state index contributed by atoms with van der Waals surface area (Å²) in [5.74, 6) is 0. The molecule has 3 heteroatoms. The SMILES string of the molecule is CCC(CC)(CN)CN(C)CCC(C)O. The van der Waals surface area contributed by atoms with Crippen molar-refractivity contribution in [1.82, 2.24) is 4.90 Å². The van der Waals surface area contributed by atoms with Gasteiger partial charge in [0.05, 0.1) is 6.10 Å². The van der Waals surface area contributed by atoms with Crippen molar-refractivity contribution in [1.29, 1.82) is 0 Å². The molecule has 0 saturated heterocycles. The number of hydrogen-bond donors (Lipinski definition) is 2. The van der Waals surface area contributed by atoms with Crippen LogP contribution in [0.2, 0.25) is 0 Å². The first kappa shape index (κ1) is 14.9. The minimum Gasteiger partial charge on any atom is -0.393 e. The molecule has 15 heavy (non-hydrogen) atoms. The summed E-state index contributed by atoms with van der Waals surface area (Å²) < 4.78 is 0. The van der Waals surface area contributed by atoms with E-state index in [1.807, 2.05) is 6.92 Å². The Kier molecular flexibility index (Phi) is 7.14. The third kappa shape index (κ3) is 5.50. The van der Waals surface area contributed by atoms with Gasteiger partial charge in [0, 0.05) is 13.1 Å². The molecule has 1 unspecified atom stereocenters. The summed E-state index contributed by atoms with van der Waals surface area (Å²) in [5, 5.41) is 9.22. The number of hydrogen-bond acceptors (Lipinski definition) is 3. The molecule has 0 aromatic carbocycles. The molecule has 0 saturated carbocycles. The van der Waals surface area contributed by atoms with Crippen LogP contribution in [0, 0.1) is 5.41 Å². The van der Waals surface area contributed by atoms with Crippen LogP contribution in [0.3, 0.4) is 0 Å². The maximum atomic E-state index is 9.22. The second kappa shape index (κ2) is 7.20. The summed E-state index contributed by atoms with van der Waals surface area (Å²) in [7, 11) is 2.11. The fraction of sp³-hybridized carbons (Fsp3) is 1.00. The summed E-state index contributed by atoms with van der Waals surface area (Å²) in [4.78, 5) is 2.28. The largest absolute Gasteiger partial charge is 0.393 e. The summed E-state index contributed by atoms with van der Waals surface area (Å²) in [6.45, 7) is 8.98. The number of aliphatic hydroxyl groups excluding tert-OH is 1. The van der Waals surface area contributed by atoms with Crippen LogP contribution in [0.1, 0.15) is 40.0 Å². The molecule has 0 spiro atoms. The lowest BCUT2D eigenvalue weighted by Gasteiger charge is -2.34. The van der Waals surface area contributed by atoms with E-state index in [9.17, 15) is 5.11 Å². The lowest BCUT2D eigenvalue weighted by Crippen LogP contribution is -2.41. The van der Waals surface area contributed by atoms with Gasteiger partial charge in [-0.3, -0.25) is 0 Å². The number of nitrogens with zero attached hydrogens (tertiary/aromatic N) is 1. The number of rotatable bonds is 8. The molecule has 3 nitrogen and oxygen atoms in total. The lowest BCUT2D eigenvalue weighted by molar-refractivity contribution is 0.131. The van der Waals surface area contributed by atoms with Gasteiger partial charge in [-0.2, -0.15) is 0 Å². The Morgan fingerprint density at radius 1 is 1.33 bits per heavy atom. The van der Waals surface area contributed by atoms with E-state index >= 15 is 0 Å². The predicted octanol–water partition coefficient (Wildman–Crippen LogP) is 1.45. The highest BCUT2D eigenvalue weighted by atomic mass is 16.3. The van der Waals surface area contributed by atoms with E-state index < -0.39 is 0 Å². The van der Waals surface area contributed by atoms with Crippen LogP contribution in [0.15, 0.2) is 0 Å². The van der Waals surface area contributed by atoms with Crippen molar-refractivity contribution in [3.8, 4) is 0 Å². The molecular formula is C12H28N2O. The van der Waals surface area contributed by atoms with Gasteiger partial charge < -0.3 is 15.7 Å². The Morgan fingerprint density at radius 2 is 1.87 bits per heavy atom. The van der Waals surface area contributed by atoms with Crippen molar-refractivity contribution in [3.05, 3.63) is 0 Å². The van der Waals surface area contributed by atoms with E-state index in [-0.39, 0.29) is 11.5 Å². The second-order valence-electron chi connectivity index (χ2n) is 4.79. The van der Waals surface area contributed by atoms with Gasteiger partial charge in [-0.25, -0.2) is 0 Å². The molecule has 0 aliphatic carbocycles. The molecule has 1 atom stereocenters. The van der Waals surface area contributed by atoms with Crippen LogP contribution < -0.4 is 5.73 Å². The molecule has 0 rings (SSSR count). The maximum absolute atomic E-state index is 9.22. The van der Waals surface area contributed by atoms with Crippen molar-refractivity contribution < 1.29 is 5.11 Å². The van der Waals surface area contributed by atoms with Crippen molar-refractivity contribution in [2.24, 2.45) is 11.1 Å². The van der Waals surface area contributed by atoms with E-state index in [0.29, 0.717) is 0 Å². The van der Waals surface area contributed by atoms with Gasteiger partial charge in [-0.15, -0.1) is 0 Å². The van der Waals surface area contributed by atoms with Gasteiger partial charge in [-0.05, 0) is 45.2 Å². The molecule has 0 heterocycles. The quantitative estimate of drug-likeness (QED) is 0.646. The van der Waals surface area contributed by atoms with E-state index in [2.05, 4.69) is 25.8 Å². The first-order valence-electron chi connectivity index (χ1n) is 6.06. The normalized spacial score (nSPS) is 14.6. The van der Waals surface area contributed by atoms with Crippen molar-refractivity contribution in [3.63, 3.8) is 0 Å². The molecule has 0 fully saturated rings. The van der Waals surface area contributed by atoms with Crippen LogP contribution in [-0.2, 0) is 0 Å². The van der Waals surface area contributed by atoms with Gasteiger partial charge in [0.25, 0.3) is 0 Å². The lowest BCUT2D eigenvalue weighted by atomic mass is 9.82. The summed E-state index contributed by atoms with van der Waals surface area (Å²) >= 11 is 0. The zero-order chi connectivity index (χ0) is 11.9. The second-order valence-corrected chi connectivity index (χ2v) is 4.79. The number of aliphatic hydroxyl groups is 1. The monoisotopic (exact) mass is 216 g/mol. The van der Waals surface area contributed by atoms with Crippen LogP contribution in [-0.4, -0.2) is 42.8 Å². The van der Waals surface area contributed by atoms with Crippen LogP contribution in [0.5, 0.6) is 0 Å². The Morgan fingerprint density at radius 3 is 2.20 bits per heavy atom. The van der Waals surface area contributed by atoms with E-state index in [4.69, 9.17) is 5.73 Å². The number of nitrogens with two attached hydrogens (primary N) is 1. The Balaban J connectivity index is 4.05. The molecule has 0 aliphatic heterocycles. The van der Waals surface area contributed by atoms with Crippen LogP contribution >= 0.6 is 0 Å². The third-order valence-corrected chi connectivity index (χ3v) is 3.47.